The SMILES string of the molecule is CCCCOC(=O)c1csc2ncn(CC(=O)Nc3ccc(C(C)C)cc3)c(=O)c12. The second-order valence-corrected chi connectivity index (χ2v) is 8.18. The van der Waals surface area contributed by atoms with Gasteiger partial charge in [-0.3, -0.25) is 14.2 Å². The maximum atomic E-state index is 12.9. The number of nitrogens with zero attached hydrogens (tertiary/aromatic N) is 2. The van der Waals surface area contributed by atoms with Crippen molar-refractivity contribution in [3.05, 3.63) is 57.5 Å². The summed E-state index contributed by atoms with van der Waals surface area (Å²) in [6.07, 6.45) is 2.99. The average Bonchev–Trinajstić information content (AvgIpc) is 3.15. The van der Waals surface area contributed by atoms with Crippen LogP contribution in [0.3, 0.4) is 0 Å². The number of carbonyl (C=O) groups excluding carboxylic acids is 2. The van der Waals surface area contributed by atoms with Crippen LogP contribution in [-0.2, 0) is 16.1 Å². The van der Waals surface area contributed by atoms with Crippen LogP contribution in [0.5, 0.6) is 0 Å². The van der Waals surface area contributed by atoms with Crippen molar-refractivity contribution in [2.45, 2.75) is 46.1 Å². The molecule has 3 aromatic rings. The summed E-state index contributed by atoms with van der Waals surface area (Å²) in [4.78, 5) is 42.3. The van der Waals surface area contributed by atoms with Crippen LogP contribution in [0.1, 0.15) is 55.5 Å². The Hall–Kier alpha value is -3.00. The fraction of sp³-hybridized carbons (Fsp3) is 0.364. The zero-order valence-electron chi connectivity index (χ0n) is 17.3. The van der Waals surface area contributed by atoms with Gasteiger partial charge in [-0.1, -0.05) is 39.3 Å². The number of hydrogen-bond donors (Lipinski definition) is 1. The molecule has 0 bridgehead atoms. The van der Waals surface area contributed by atoms with Gasteiger partial charge in [-0.15, -0.1) is 11.3 Å². The van der Waals surface area contributed by atoms with Crippen molar-refractivity contribution in [2.75, 3.05) is 11.9 Å². The Kier molecular flexibility index (Phi) is 6.99. The van der Waals surface area contributed by atoms with E-state index in [9.17, 15) is 14.4 Å². The summed E-state index contributed by atoms with van der Waals surface area (Å²) in [6.45, 7) is 6.30. The number of ether oxygens (including phenoxy) is 1. The van der Waals surface area contributed by atoms with E-state index in [1.165, 1.54) is 27.8 Å². The van der Waals surface area contributed by atoms with Gasteiger partial charge in [0.05, 0.1) is 23.9 Å². The zero-order chi connectivity index (χ0) is 21.7. The molecule has 1 amide bonds. The molecule has 8 heteroatoms. The Morgan fingerprint density at radius 3 is 2.63 bits per heavy atom. The molecule has 0 aliphatic carbocycles. The van der Waals surface area contributed by atoms with Gasteiger partial charge in [0.2, 0.25) is 5.91 Å². The highest BCUT2D eigenvalue weighted by molar-refractivity contribution is 7.17. The van der Waals surface area contributed by atoms with Crippen LogP contribution in [-0.4, -0.2) is 28.0 Å². The van der Waals surface area contributed by atoms with Gasteiger partial charge >= 0.3 is 5.97 Å². The molecule has 0 aliphatic rings. The molecular formula is C22H25N3O4S. The number of unbranched alkanes of at least 4 members (excludes halogenated alkanes) is 1. The van der Waals surface area contributed by atoms with E-state index in [2.05, 4.69) is 24.1 Å². The summed E-state index contributed by atoms with van der Waals surface area (Å²) in [5.41, 5.74) is 1.59. The quantitative estimate of drug-likeness (QED) is 0.430. The lowest BCUT2D eigenvalue weighted by Gasteiger charge is -2.09. The number of aromatic nitrogens is 2. The maximum absolute atomic E-state index is 12.9. The fourth-order valence-corrected chi connectivity index (χ4v) is 3.79. The monoisotopic (exact) mass is 427 g/mol. The standard InChI is InChI=1S/C22H25N3O4S/c1-4-5-10-29-22(28)17-12-30-20-19(17)21(27)25(13-23-20)11-18(26)24-16-8-6-15(7-9-16)14(2)3/h6-9,12-14H,4-5,10-11H2,1-3H3,(H,24,26). The Morgan fingerprint density at radius 2 is 1.97 bits per heavy atom. The highest BCUT2D eigenvalue weighted by atomic mass is 32.1. The lowest BCUT2D eigenvalue weighted by atomic mass is 10.0. The molecule has 3 rings (SSSR count). The number of fused-ring (bicyclic) bond motifs is 1. The van der Waals surface area contributed by atoms with E-state index >= 15 is 0 Å². The van der Waals surface area contributed by atoms with Crippen LogP contribution >= 0.6 is 11.3 Å². The van der Waals surface area contributed by atoms with Gasteiger partial charge < -0.3 is 10.1 Å². The Morgan fingerprint density at radius 1 is 1.23 bits per heavy atom. The molecule has 2 aromatic heterocycles. The first-order chi connectivity index (χ1) is 14.4. The molecule has 1 aromatic carbocycles. The van der Waals surface area contributed by atoms with Crippen LogP contribution < -0.4 is 10.9 Å². The first-order valence-electron chi connectivity index (χ1n) is 9.94. The number of benzene rings is 1. The minimum atomic E-state index is -0.541. The molecule has 0 atom stereocenters. The van der Waals surface area contributed by atoms with Gasteiger partial charge in [-0.05, 0) is 30.0 Å². The number of nitrogens with one attached hydrogen (secondary N) is 1. The van der Waals surface area contributed by atoms with Gasteiger partial charge in [0, 0.05) is 11.1 Å². The lowest BCUT2D eigenvalue weighted by molar-refractivity contribution is -0.116. The second kappa shape index (κ2) is 9.67. The van der Waals surface area contributed by atoms with Crippen LogP contribution in [0.15, 0.2) is 40.8 Å². The highest BCUT2D eigenvalue weighted by Crippen LogP contribution is 2.22. The molecule has 0 fully saturated rings. The number of rotatable bonds is 8. The third kappa shape index (κ3) is 4.94. The number of esters is 1. The van der Waals surface area contributed by atoms with Crippen molar-refractivity contribution in [3.63, 3.8) is 0 Å². The third-order valence-corrected chi connectivity index (χ3v) is 5.57. The summed E-state index contributed by atoms with van der Waals surface area (Å²) < 4.78 is 6.43. The van der Waals surface area contributed by atoms with Gasteiger partial charge in [-0.2, -0.15) is 0 Å². The minimum absolute atomic E-state index is 0.193. The summed E-state index contributed by atoms with van der Waals surface area (Å²) in [7, 11) is 0. The molecule has 0 radical (unpaired) electrons. The molecule has 2 heterocycles. The van der Waals surface area contributed by atoms with Crippen LogP contribution in [0.4, 0.5) is 5.69 Å². The molecule has 0 saturated carbocycles. The van der Waals surface area contributed by atoms with E-state index < -0.39 is 11.5 Å². The molecule has 0 saturated heterocycles. The van der Waals surface area contributed by atoms with E-state index in [0.29, 0.717) is 23.0 Å². The van der Waals surface area contributed by atoms with Crippen molar-refractivity contribution in [3.8, 4) is 0 Å². The zero-order valence-corrected chi connectivity index (χ0v) is 18.1. The first kappa shape index (κ1) is 21.7. The van der Waals surface area contributed by atoms with Gasteiger partial charge in [0.15, 0.2) is 0 Å². The largest absolute Gasteiger partial charge is 0.462 e. The summed E-state index contributed by atoms with van der Waals surface area (Å²) >= 11 is 1.20. The summed E-state index contributed by atoms with van der Waals surface area (Å²) in [5, 5.41) is 4.55. The van der Waals surface area contributed by atoms with Crippen molar-refractivity contribution < 1.29 is 14.3 Å². The van der Waals surface area contributed by atoms with Crippen molar-refractivity contribution in [1.82, 2.24) is 9.55 Å². The van der Waals surface area contributed by atoms with Crippen molar-refractivity contribution in [1.29, 1.82) is 0 Å². The molecule has 0 aliphatic heterocycles. The van der Waals surface area contributed by atoms with Gasteiger partial charge in [-0.25, -0.2) is 9.78 Å². The van der Waals surface area contributed by atoms with E-state index in [-0.39, 0.29) is 23.4 Å². The Balaban J connectivity index is 1.76. The maximum Gasteiger partial charge on any atom is 0.339 e. The van der Waals surface area contributed by atoms with E-state index in [1.807, 2.05) is 31.2 Å². The van der Waals surface area contributed by atoms with Crippen molar-refractivity contribution >= 4 is 39.1 Å². The molecule has 0 unspecified atom stereocenters. The van der Waals surface area contributed by atoms with Gasteiger partial charge in [0.1, 0.15) is 11.4 Å². The smallest absolute Gasteiger partial charge is 0.339 e. The highest BCUT2D eigenvalue weighted by Gasteiger charge is 2.19. The second-order valence-electron chi connectivity index (χ2n) is 7.32. The third-order valence-electron chi connectivity index (χ3n) is 4.69. The molecule has 0 spiro atoms. The predicted octanol–water partition coefficient (Wildman–Crippen LogP) is 4.18. The summed E-state index contributed by atoms with van der Waals surface area (Å²) in [5.74, 6) is -0.488. The molecular weight excluding hydrogens is 402 g/mol. The van der Waals surface area contributed by atoms with E-state index in [1.54, 1.807) is 5.38 Å². The first-order valence-corrected chi connectivity index (χ1v) is 10.8. The van der Waals surface area contributed by atoms with E-state index in [0.717, 1.165) is 12.8 Å². The predicted molar refractivity (Wildman–Crippen MR) is 118 cm³/mol. The Bertz CT molecular complexity index is 1100. The molecule has 7 nitrogen and oxygen atoms in total. The van der Waals surface area contributed by atoms with E-state index in [4.69, 9.17) is 4.74 Å². The van der Waals surface area contributed by atoms with Crippen molar-refractivity contribution in [2.24, 2.45) is 0 Å². The van der Waals surface area contributed by atoms with Crippen LogP contribution in [0.25, 0.3) is 10.2 Å². The molecule has 158 valence electrons. The number of thiophene rings is 1. The number of carbonyl (C=O) groups is 2. The fourth-order valence-electron chi connectivity index (χ4n) is 2.92. The summed E-state index contributed by atoms with van der Waals surface area (Å²) in [6, 6.07) is 7.59. The topological polar surface area (TPSA) is 90.3 Å². The lowest BCUT2D eigenvalue weighted by Crippen LogP contribution is -2.28. The minimum Gasteiger partial charge on any atom is -0.462 e. The number of anilines is 1. The molecule has 30 heavy (non-hydrogen) atoms. The molecule has 1 N–H and O–H groups in total. The average molecular weight is 428 g/mol. The normalized spacial score (nSPS) is 11.1. The van der Waals surface area contributed by atoms with Crippen LogP contribution in [0, 0.1) is 0 Å². The number of amides is 1. The number of hydrogen-bond acceptors (Lipinski definition) is 6. The Labute approximate surface area is 178 Å². The van der Waals surface area contributed by atoms with Gasteiger partial charge in [0.25, 0.3) is 5.56 Å². The van der Waals surface area contributed by atoms with Crippen LogP contribution in [0.2, 0.25) is 0 Å².